The van der Waals surface area contributed by atoms with Gasteiger partial charge in [0.15, 0.2) is 12.4 Å². The molecule has 2 aliphatic rings. The highest BCUT2D eigenvalue weighted by Gasteiger charge is 2.26. The summed E-state index contributed by atoms with van der Waals surface area (Å²) in [5, 5.41) is 11.9. The van der Waals surface area contributed by atoms with Crippen molar-refractivity contribution in [3.8, 4) is 5.75 Å². The number of carbonyl (C=O) groups excluding carboxylic acids is 5. The first-order chi connectivity index (χ1) is 21.6. The van der Waals surface area contributed by atoms with Gasteiger partial charge >= 0.3 is 0 Å². The highest BCUT2D eigenvalue weighted by molar-refractivity contribution is 5.98. The molecule has 2 atom stereocenters. The third-order valence-electron chi connectivity index (χ3n) is 7.37. The smallest absolute Gasteiger partial charge is 0.287 e. The van der Waals surface area contributed by atoms with E-state index in [0.717, 1.165) is 10.9 Å². The maximum Gasteiger partial charge on any atom is 0.287 e. The van der Waals surface area contributed by atoms with Crippen molar-refractivity contribution in [2.24, 2.45) is 5.92 Å². The Labute approximate surface area is 262 Å². The number of nitrogens with one attached hydrogen (secondary N) is 4. The van der Waals surface area contributed by atoms with Crippen LogP contribution in [0.15, 0.2) is 59.0 Å². The number of hydrogen-bond acceptors (Lipinski definition) is 7. The van der Waals surface area contributed by atoms with Crippen LogP contribution in [0.4, 0.5) is 0 Å². The first-order valence-corrected chi connectivity index (χ1v) is 15.2. The van der Waals surface area contributed by atoms with Crippen molar-refractivity contribution >= 4 is 40.5 Å². The van der Waals surface area contributed by atoms with Gasteiger partial charge in [-0.15, -0.1) is 0 Å². The molecule has 2 aromatic carbocycles. The van der Waals surface area contributed by atoms with Crippen LogP contribution in [0.3, 0.4) is 0 Å². The van der Waals surface area contributed by atoms with Gasteiger partial charge in [0.1, 0.15) is 23.4 Å². The molecule has 240 valence electrons. The van der Waals surface area contributed by atoms with Gasteiger partial charge in [-0.25, -0.2) is 0 Å². The minimum atomic E-state index is -0.946. The molecule has 2 aliphatic heterocycles. The van der Waals surface area contributed by atoms with E-state index in [1.807, 2.05) is 26.0 Å². The van der Waals surface area contributed by atoms with Crippen molar-refractivity contribution in [1.82, 2.24) is 26.2 Å². The number of furan rings is 1. The quantitative estimate of drug-likeness (QED) is 0.326. The lowest BCUT2D eigenvalue weighted by Gasteiger charge is -2.26. The molecule has 5 amide bonds. The van der Waals surface area contributed by atoms with Crippen molar-refractivity contribution in [1.29, 1.82) is 0 Å². The van der Waals surface area contributed by atoms with Gasteiger partial charge in [0, 0.05) is 44.9 Å². The molecule has 0 radical (unpaired) electrons. The maximum absolute atomic E-state index is 13.3. The molecule has 4 N–H and O–H groups in total. The molecule has 0 fully saturated rings. The van der Waals surface area contributed by atoms with Crippen LogP contribution in [0.2, 0.25) is 0 Å². The van der Waals surface area contributed by atoms with E-state index in [1.54, 1.807) is 49.5 Å². The molecule has 12 heteroatoms. The molecule has 0 aliphatic carbocycles. The Hall–Kier alpha value is -4.87. The molecule has 12 nitrogen and oxygen atoms in total. The van der Waals surface area contributed by atoms with Gasteiger partial charge in [-0.1, -0.05) is 44.2 Å². The van der Waals surface area contributed by atoms with E-state index in [9.17, 15) is 24.0 Å². The van der Waals surface area contributed by atoms with Crippen molar-refractivity contribution in [2.75, 3.05) is 33.3 Å². The lowest BCUT2D eigenvalue weighted by molar-refractivity contribution is -0.136. The van der Waals surface area contributed by atoms with Crippen molar-refractivity contribution in [3.05, 3.63) is 65.9 Å². The zero-order chi connectivity index (χ0) is 32.3. The summed E-state index contributed by atoms with van der Waals surface area (Å²) in [6.45, 7) is 4.40. The van der Waals surface area contributed by atoms with Gasteiger partial charge in [0.05, 0.1) is 0 Å². The molecule has 0 unspecified atom stereocenters. The zero-order valence-electron chi connectivity index (χ0n) is 25.9. The molecule has 45 heavy (non-hydrogen) atoms. The van der Waals surface area contributed by atoms with E-state index in [4.69, 9.17) is 9.15 Å². The second kappa shape index (κ2) is 15.7. The van der Waals surface area contributed by atoms with E-state index in [0.29, 0.717) is 24.2 Å². The summed E-state index contributed by atoms with van der Waals surface area (Å²) in [5.74, 6) is -1.17. The van der Waals surface area contributed by atoms with Crippen LogP contribution in [0.25, 0.3) is 11.0 Å². The van der Waals surface area contributed by atoms with Crippen LogP contribution >= 0.6 is 0 Å². The normalized spacial score (nSPS) is 19.6. The standard InChI is InChI=1S/C33H41N5O7/c1-21(2)17-26-33(43)38(3)16-15-34-30(40)20-44-24-12-10-22(11-13-24)18-25(31(41)35-14-6-9-29(39)36-26)37-32(42)28-19-23-7-4-5-8-27(23)45-28/h4-5,7-8,10-13,19,21,25-26H,6,9,14-18,20H2,1-3H3,(H,34,40)(H,35,41)(H,36,39)(H,37,42)/t25-,26-/m0/s1. The highest BCUT2D eigenvalue weighted by Crippen LogP contribution is 2.19. The summed E-state index contributed by atoms with van der Waals surface area (Å²) in [4.78, 5) is 66.2. The van der Waals surface area contributed by atoms with E-state index in [1.165, 1.54) is 4.90 Å². The van der Waals surface area contributed by atoms with Gasteiger partial charge in [-0.05, 0) is 48.6 Å². The Bertz CT molecular complexity index is 1470. The number of para-hydroxylation sites is 1. The van der Waals surface area contributed by atoms with Gasteiger partial charge in [0.2, 0.25) is 17.7 Å². The van der Waals surface area contributed by atoms with Crippen LogP contribution in [-0.4, -0.2) is 79.8 Å². The van der Waals surface area contributed by atoms with Crippen LogP contribution in [0.5, 0.6) is 5.75 Å². The first kappa shape index (κ1) is 33.0. The Morgan fingerprint density at radius 2 is 1.76 bits per heavy atom. The lowest BCUT2D eigenvalue weighted by Crippen LogP contribution is -2.50. The molecule has 3 heterocycles. The predicted molar refractivity (Wildman–Crippen MR) is 167 cm³/mol. The molecule has 0 saturated carbocycles. The number of fused-ring (bicyclic) bond motifs is 20. The highest BCUT2D eigenvalue weighted by atomic mass is 16.5. The SMILES string of the molecule is CC(C)C[C@@H]1NC(=O)CCCNC(=O)[C@@H](NC(=O)c2cc3ccccc3o2)Cc2ccc(cc2)OCC(=O)NCCN(C)C1=O. The fraction of sp³-hybridized carbons (Fsp3) is 0.424. The zero-order valence-corrected chi connectivity index (χ0v) is 25.9. The molecule has 0 spiro atoms. The number of hydrogen-bond donors (Lipinski definition) is 4. The Morgan fingerprint density at radius 3 is 2.49 bits per heavy atom. The summed E-state index contributed by atoms with van der Waals surface area (Å²) in [6.07, 6.45) is 1.06. The largest absolute Gasteiger partial charge is 0.484 e. The molecule has 1 aromatic heterocycles. The molecule has 2 bridgehead atoms. The number of rotatable bonds is 4. The van der Waals surface area contributed by atoms with Crippen LogP contribution < -0.4 is 26.0 Å². The average molecular weight is 620 g/mol. The number of amides is 5. The second-order valence-electron chi connectivity index (χ2n) is 11.6. The Morgan fingerprint density at radius 1 is 1.00 bits per heavy atom. The molecule has 0 saturated heterocycles. The minimum Gasteiger partial charge on any atom is -0.484 e. The van der Waals surface area contributed by atoms with Crippen LogP contribution in [-0.2, 0) is 25.6 Å². The van der Waals surface area contributed by atoms with Gasteiger partial charge in [-0.2, -0.15) is 0 Å². The second-order valence-corrected chi connectivity index (χ2v) is 11.6. The summed E-state index contributed by atoms with van der Waals surface area (Å²) in [6, 6.07) is 14.1. The minimum absolute atomic E-state index is 0.0806. The van der Waals surface area contributed by atoms with E-state index in [2.05, 4.69) is 21.3 Å². The lowest BCUT2D eigenvalue weighted by atomic mass is 10.0. The third-order valence-corrected chi connectivity index (χ3v) is 7.37. The van der Waals surface area contributed by atoms with E-state index in [-0.39, 0.29) is 68.5 Å². The fourth-order valence-electron chi connectivity index (χ4n) is 4.97. The molecular formula is C33H41N5O7. The summed E-state index contributed by atoms with van der Waals surface area (Å²) >= 11 is 0. The van der Waals surface area contributed by atoms with Gasteiger partial charge in [0.25, 0.3) is 11.8 Å². The van der Waals surface area contributed by atoms with Gasteiger partial charge < -0.3 is 35.3 Å². The number of ether oxygens (including phenoxy) is 1. The summed E-state index contributed by atoms with van der Waals surface area (Å²) in [7, 11) is 1.63. The monoisotopic (exact) mass is 619 g/mol. The average Bonchev–Trinajstić information content (AvgIpc) is 3.46. The number of benzene rings is 2. The number of nitrogens with zero attached hydrogens (tertiary/aromatic N) is 1. The number of likely N-dealkylation sites (N-methyl/N-ethyl adjacent to an activating group) is 1. The van der Waals surface area contributed by atoms with Crippen molar-refractivity contribution < 1.29 is 33.1 Å². The summed E-state index contributed by atoms with van der Waals surface area (Å²) in [5.41, 5.74) is 1.31. The number of carbonyl (C=O) groups is 5. The Balaban J connectivity index is 1.49. The maximum atomic E-state index is 13.3. The predicted octanol–water partition coefficient (Wildman–Crippen LogP) is 2.17. The Kier molecular flexibility index (Phi) is 11.5. The summed E-state index contributed by atoms with van der Waals surface area (Å²) < 4.78 is 11.3. The van der Waals surface area contributed by atoms with E-state index >= 15 is 0 Å². The molecule has 5 rings (SSSR count). The van der Waals surface area contributed by atoms with Gasteiger partial charge in [-0.3, -0.25) is 24.0 Å². The first-order valence-electron chi connectivity index (χ1n) is 15.2. The van der Waals surface area contributed by atoms with Crippen LogP contribution in [0, 0.1) is 5.92 Å². The fourth-order valence-corrected chi connectivity index (χ4v) is 4.97. The molecular weight excluding hydrogens is 578 g/mol. The third kappa shape index (κ3) is 9.82. The van der Waals surface area contributed by atoms with Crippen molar-refractivity contribution in [3.63, 3.8) is 0 Å². The topological polar surface area (TPSA) is 159 Å². The van der Waals surface area contributed by atoms with E-state index < -0.39 is 23.9 Å². The van der Waals surface area contributed by atoms with Crippen LogP contribution in [0.1, 0.15) is 49.2 Å². The van der Waals surface area contributed by atoms with Crippen molar-refractivity contribution in [2.45, 2.75) is 51.6 Å². The molecule has 3 aromatic rings.